The topological polar surface area (TPSA) is 72.8 Å². The second-order valence-corrected chi connectivity index (χ2v) is 3.69. The summed E-state index contributed by atoms with van der Waals surface area (Å²) >= 11 is 0. The van der Waals surface area contributed by atoms with Crippen molar-refractivity contribution in [2.45, 2.75) is 13.3 Å². The van der Waals surface area contributed by atoms with E-state index in [1.165, 1.54) is 19.1 Å². The molecule has 0 saturated carbocycles. The quantitative estimate of drug-likeness (QED) is 0.296. The summed E-state index contributed by atoms with van der Waals surface area (Å²) in [5, 5.41) is 9.63. The molecule has 0 fully saturated rings. The maximum atomic E-state index is 12.1. The molecule has 0 spiro atoms. The Morgan fingerprint density at radius 3 is 2.50 bits per heavy atom. The number of ketones is 1. The van der Waals surface area contributed by atoms with Crippen LogP contribution in [0.3, 0.4) is 0 Å². The van der Waals surface area contributed by atoms with E-state index in [2.05, 4.69) is 9.47 Å². The van der Waals surface area contributed by atoms with Crippen molar-refractivity contribution >= 4 is 36.4 Å². The molecule has 0 saturated heterocycles. The number of benzene rings is 1. The molecule has 0 atom stereocenters. The minimum atomic E-state index is -4.88. The van der Waals surface area contributed by atoms with Crippen LogP contribution < -0.4 is 4.74 Å². The Hall–Kier alpha value is -1.91. The molecule has 0 aliphatic heterocycles. The fourth-order valence-electron chi connectivity index (χ4n) is 1.32. The average molecular weight is 312 g/mol. The Morgan fingerprint density at radius 2 is 1.95 bits per heavy atom. The second kappa shape index (κ2) is 8.51. The second-order valence-electron chi connectivity index (χ2n) is 3.69. The molecule has 0 aromatic heterocycles. The number of carbonyl (C=O) groups excluding carboxylic acids is 2. The monoisotopic (exact) mass is 312 g/mol. The summed E-state index contributed by atoms with van der Waals surface area (Å²) in [5.74, 6) is -3.55. The first-order chi connectivity index (χ1) is 9.73. The number of hydrogen-bond acceptors (Lipinski definition) is 5. The summed E-state index contributed by atoms with van der Waals surface area (Å²) in [7, 11) is 0. The van der Waals surface area contributed by atoms with Gasteiger partial charge in [0.25, 0.3) is 5.78 Å². The zero-order valence-corrected chi connectivity index (χ0v) is 10.8. The maximum absolute atomic E-state index is 12.1. The molecule has 0 unspecified atom stereocenters. The van der Waals surface area contributed by atoms with Gasteiger partial charge in [-0.3, -0.25) is 4.79 Å². The molecule has 0 heterocycles. The summed E-state index contributed by atoms with van der Waals surface area (Å²) in [5.41, 5.74) is -0.116. The Kier molecular flexibility index (Phi) is 7.77. The van der Waals surface area contributed by atoms with Crippen molar-refractivity contribution in [3.63, 3.8) is 0 Å². The first-order valence-corrected chi connectivity index (χ1v) is 5.71. The first-order valence-electron chi connectivity index (χ1n) is 5.71. The Balaban J connectivity index is 0.00000441. The third kappa shape index (κ3) is 6.69. The first kappa shape index (κ1) is 20.1. The van der Waals surface area contributed by atoms with Crippen LogP contribution in [0.5, 0.6) is 5.75 Å². The van der Waals surface area contributed by atoms with Gasteiger partial charge in [-0.15, -0.1) is 13.2 Å². The van der Waals surface area contributed by atoms with E-state index in [1.807, 2.05) is 0 Å². The number of esters is 1. The van der Waals surface area contributed by atoms with Crippen molar-refractivity contribution in [2.75, 3.05) is 6.61 Å². The number of alkyl halides is 3. The van der Waals surface area contributed by atoms with E-state index in [9.17, 15) is 27.9 Å². The number of ether oxygens (including phenoxy) is 2. The van der Waals surface area contributed by atoms with Crippen molar-refractivity contribution in [2.24, 2.45) is 0 Å². The third-order valence-corrected chi connectivity index (χ3v) is 2.11. The zero-order chi connectivity index (χ0) is 16.0. The number of aliphatic hydroxyl groups is 1. The van der Waals surface area contributed by atoms with Gasteiger partial charge in [-0.25, -0.2) is 4.79 Å². The number of hydrogen-bond donors (Lipinski definition) is 1. The molecule has 1 aromatic carbocycles. The van der Waals surface area contributed by atoms with Crippen molar-refractivity contribution in [3.05, 3.63) is 35.9 Å². The molecule has 0 aliphatic carbocycles. The SMILES string of the molecule is CCOC(=O)C(=O)/C=C(\O)c1cccc(OC(F)(F)F)c1.[LiH]. The van der Waals surface area contributed by atoms with Gasteiger partial charge in [0, 0.05) is 11.6 Å². The molecule has 0 radical (unpaired) electrons. The zero-order valence-electron chi connectivity index (χ0n) is 10.8. The number of halogens is 3. The summed E-state index contributed by atoms with van der Waals surface area (Å²) in [6.07, 6.45) is -4.32. The molecular weight excluding hydrogens is 300 g/mol. The van der Waals surface area contributed by atoms with Crippen LogP contribution in [0.2, 0.25) is 0 Å². The molecule has 0 amide bonds. The van der Waals surface area contributed by atoms with Crippen molar-refractivity contribution in [1.82, 2.24) is 0 Å². The van der Waals surface area contributed by atoms with E-state index in [0.717, 1.165) is 12.1 Å². The molecular formula is C13H12F3LiO5. The number of carbonyl (C=O) groups is 2. The van der Waals surface area contributed by atoms with Gasteiger partial charge in [0.2, 0.25) is 0 Å². The van der Waals surface area contributed by atoms with Crippen LogP contribution in [0.25, 0.3) is 5.76 Å². The Labute approximate surface area is 135 Å². The molecule has 5 nitrogen and oxygen atoms in total. The van der Waals surface area contributed by atoms with Crippen LogP contribution in [-0.4, -0.2) is 48.7 Å². The van der Waals surface area contributed by atoms with Gasteiger partial charge >= 0.3 is 31.2 Å². The molecule has 9 heteroatoms. The molecule has 0 bridgehead atoms. The van der Waals surface area contributed by atoms with Crippen LogP contribution >= 0.6 is 0 Å². The molecule has 0 aliphatic rings. The molecule has 22 heavy (non-hydrogen) atoms. The molecule has 116 valence electrons. The summed E-state index contributed by atoms with van der Waals surface area (Å²) in [6.45, 7) is 1.47. The molecule has 1 rings (SSSR count). The van der Waals surface area contributed by atoms with Crippen molar-refractivity contribution < 1.29 is 37.3 Å². The summed E-state index contributed by atoms with van der Waals surface area (Å²) < 4.78 is 44.3. The van der Waals surface area contributed by atoms with E-state index >= 15 is 0 Å². The fourth-order valence-corrected chi connectivity index (χ4v) is 1.32. The standard InChI is InChI=1S/C13H11F3O5.Li.H/c1-2-20-12(19)11(18)7-10(17)8-4-3-5-9(6-8)21-13(14,15)16;;/h3-7,17H,2H2,1H3;;/b10-7-;;. The van der Waals surface area contributed by atoms with Gasteiger partial charge in [-0.05, 0) is 19.1 Å². The fraction of sp³-hybridized carbons (Fsp3) is 0.231. The van der Waals surface area contributed by atoms with Gasteiger partial charge in [-0.1, -0.05) is 12.1 Å². The van der Waals surface area contributed by atoms with Crippen LogP contribution in [0.15, 0.2) is 30.3 Å². The van der Waals surface area contributed by atoms with Gasteiger partial charge < -0.3 is 14.6 Å². The third-order valence-electron chi connectivity index (χ3n) is 2.11. The predicted octanol–water partition coefficient (Wildman–Crippen LogP) is 1.97. The van der Waals surface area contributed by atoms with E-state index < -0.39 is 29.6 Å². The van der Waals surface area contributed by atoms with Gasteiger partial charge in [0.1, 0.15) is 11.5 Å². The number of rotatable bonds is 5. The van der Waals surface area contributed by atoms with Crippen LogP contribution in [0.1, 0.15) is 12.5 Å². The van der Waals surface area contributed by atoms with Crippen LogP contribution in [-0.2, 0) is 14.3 Å². The van der Waals surface area contributed by atoms with Crippen LogP contribution in [0.4, 0.5) is 13.2 Å². The summed E-state index contributed by atoms with van der Waals surface area (Å²) in [6, 6.07) is 4.33. The van der Waals surface area contributed by atoms with Crippen LogP contribution in [0, 0.1) is 0 Å². The average Bonchev–Trinajstić information content (AvgIpc) is 2.37. The van der Waals surface area contributed by atoms with E-state index in [1.54, 1.807) is 0 Å². The van der Waals surface area contributed by atoms with Gasteiger partial charge in [0.15, 0.2) is 0 Å². The van der Waals surface area contributed by atoms with E-state index in [-0.39, 0.29) is 31.0 Å². The van der Waals surface area contributed by atoms with Crippen molar-refractivity contribution in [3.8, 4) is 5.75 Å². The van der Waals surface area contributed by atoms with E-state index in [0.29, 0.717) is 6.08 Å². The summed E-state index contributed by atoms with van der Waals surface area (Å²) in [4.78, 5) is 22.4. The minimum absolute atomic E-state index is 0. The van der Waals surface area contributed by atoms with Gasteiger partial charge in [-0.2, -0.15) is 0 Å². The predicted molar refractivity (Wildman–Crippen MR) is 72.5 cm³/mol. The molecule has 1 N–H and O–H groups in total. The Bertz CT molecular complexity index is 569. The van der Waals surface area contributed by atoms with Gasteiger partial charge in [0.05, 0.1) is 6.61 Å². The molecule has 1 aromatic rings. The Morgan fingerprint density at radius 1 is 1.32 bits per heavy atom. The van der Waals surface area contributed by atoms with Crippen molar-refractivity contribution in [1.29, 1.82) is 0 Å². The normalized spacial score (nSPS) is 11.4. The number of aliphatic hydroxyl groups excluding tert-OH is 1. The van der Waals surface area contributed by atoms with E-state index in [4.69, 9.17) is 0 Å².